The van der Waals surface area contributed by atoms with Crippen LogP contribution >= 0.6 is 11.8 Å². The van der Waals surface area contributed by atoms with Crippen molar-refractivity contribution >= 4 is 11.8 Å². The average molecular weight is 274 g/mol. The molecular weight excluding hydrogens is 259 g/mol. The van der Waals surface area contributed by atoms with Crippen molar-refractivity contribution in [2.24, 2.45) is 0 Å². The number of pyridine rings is 1. The molecule has 0 bridgehead atoms. The molecule has 98 valence electrons. The predicted molar refractivity (Wildman–Crippen MR) is 74.6 cm³/mol. The van der Waals surface area contributed by atoms with E-state index in [0.29, 0.717) is 10.9 Å². The summed E-state index contributed by atoms with van der Waals surface area (Å²) in [6.07, 6.45) is 4.21. The fourth-order valence-electron chi connectivity index (χ4n) is 1.81. The minimum absolute atomic E-state index is 0.175. The first kappa shape index (κ1) is 12.6. The van der Waals surface area contributed by atoms with Gasteiger partial charge in [-0.05, 0) is 42.7 Å². The van der Waals surface area contributed by atoms with Crippen LogP contribution in [0.1, 0.15) is 18.4 Å². The number of aromatic nitrogens is 1. The van der Waals surface area contributed by atoms with Gasteiger partial charge in [-0.3, -0.25) is 0 Å². The topological polar surface area (TPSA) is 24.9 Å². The zero-order chi connectivity index (χ0) is 13.1. The first-order valence-corrected chi connectivity index (χ1v) is 7.23. The molecule has 1 aromatic carbocycles. The van der Waals surface area contributed by atoms with E-state index in [-0.39, 0.29) is 5.82 Å². The van der Waals surface area contributed by atoms with Crippen LogP contribution in [0.15, 0.2) is 52.5 Å². The predicted octanol–water partition coefficient (Wildman–Crippen LogP) is 3.62. The zero-order valence-corrected chi connectivity index (χ0v) is 11.3. The summed E-state index contributed by atoms with van der Waals surface area (Å²) >= 11 is 1.35. The fourth-order valence-corrected chi connectivity index (χ4v) is 2.58. The Morgan fingerprint density at radius 3 is 2.84 bits per heavy atom. The summed E-state index contributed by atoms with van der Waals surface area (Å²) < 4.78 is 14.0. The van der Waals surface area contributed by atoms with Crippen LogP contribution in [0.4, 0.5) is 4.39 Å². The van der Waals surface area contributed by atoms with Gasteiger partial charge in [-0.15, -0.1) is 0 Å². The third kappa shape index (κ3) is 3.55. The highest BCUT2D eigenvalue weighted by atomic mass is 32.2. The Morgan fingerprint density at radius 1 is 1.26 bits per heavy atom. The van der Waals surface area contributed by atoms with Gasteiger partial charge in [0, 0.05) is 23.7 Å². The van der Waals surface area contributed by atoms with Crippen LogP contribution in [0.25, 0.3) is 0 Å². The van der Waals surface area contributed by atoms with Crippen molar-refractivity contribution in [3.8, 4) is 0 Å². The third-order valence-electron chi connectivity index (χ3n) is 3.02. The quantitative estimate of drug-likeness (QED) is 0.901. The number of hydrogen-bond acceptors (Lipinski definition) is 3. The number of hydrogen-bond donors (Lipinski definition) is 1. The second-order valence-corrected chi connectivity index (χ2v) is 5.75. The Morgan fingerprint density at radius 2 is 2.16 bits per heavy atom. The van der Waals surface area contributed by atoms with Crippen LogP contribution in [0.2, 0.25) is 0 Å². The maximum atomic E-state index is 14.0. The molecule has 2 nitrogen and oxygen atoms in total. The lowest BCUT2D eigenvalue weighted by molar-refractivity contribution is 0.595. The highest BCUT2D eigenvalue weighted by Crippen LogP contribution is 2.28. The monoisotopic (exact) mass is 274 g/mol. The molecular formula is C15H15FN2S. The van der Waals surface area contributed by atoms with Crippen LogP contribution in [-0.2, 0) is 6.54 Å². The Bertz CT molecular complexity index is 555. The molecule has 4 heteroatoms. The lowest BCUT2D eigenvalue weighted by Crippen LogP contribution is -2.15. The molecule has 0 saturated heterocycles. The van der Waals surface area contributed by atoms with Crippen molar-refractivity contribution in [2.75, 3.05) is 0 Å². The molecule has 0 spiro atoms. The normalized spacial score (nSPS) is 14.6. The van der Waals surface area contributed by atoms with E-state index in [1.807, 2.05) is 30.3 Å². The number of halogens is 1. The van der Waals surface area contributed by atoms with Gasteiger partial charge >= 0.3 is 0 Å². The summed E-state index contributed by atoms with van der Waals surface area (Å²) in [6.45, 7) is 0.746. The molecule has 0 unspecified atom stereocenters. The Labute approximate surface area is 116 Å². The smallest absolute Gasteiger partial charge is 0.137 e. The molecule has 0 atom stereocenters. The van der Waals surface area contributed by atoms with Crippen molar-refractivity contribution in [1.82, 2.24) is 10.3 Å². The minimum Gasteiger partial charge on any atom is -0.310 e. The van der Waals surface area contributed by atoms with Crippen LogP contribution < -0.4 is 5.32 Å². The summed E-state index contributed by atoms with van der Waals surface area (Å²) in [5.41, 5.74) is 0.995. The van der Waals surface area contributed by atoms with E-state index >= 15 is 0 Å². The molecule has 19 heavy (non-hydrogen) atoms. The molecule has 0 aliphatic heterocycles. The lowest BCUT2D eigenvalue weighted by atomic mass is 10.2. The Balaban J connectivity index is 1.68. The summed E-state index contributed by atoms with van der Waals surface area (Å²) in [5, 5.41) is 4.19. The van der Waals surface area contributed by atoms with Crippen LogP contribution in [-0.4, -0.2) is 11.0 Å². The first-order valence-electron chi connectivity index (χ1n) is 6.42. The van der Waals surface area contributed by atoms with Gasteiger partial charge in [0.1, 0.15) is 10.8 Å². The minimum atomic E-state index is -0.175. The SMILES string of the molecule is Fc1cc(CNC2CC2)ccc1Sc1ccccn1. The molecule has 1 aliphatic carbocycles. The average Bonchev–Trinajstić information content (AvgIpc) is 3.25. The van der Waals surface area contributed by atoms with Crippen molar-refractivity contribution in [2.45, 2.75) is 35.3 Å². The van der Waals surface area contributed by atoms with E-state index < -0.39 is 0 Å². The van der Waals surface area contributed by atoms with Crippen molar-refractivity contribution < 1.29 is 4.39 Å². The molecule has 2 aromatic rings. The summed E-state index contributed by atoms with van der Waals surface area (Å²) in [6, 6.07) is 11.7. The Kier molecular flexibility index (Phi) is 3.80. The number of rotatable bonds is 5. The van der Waals surface area contributed by atoms with E-state index in [9.17, 15) is 4.39 Å². The number of nitrogens with zero attached hydrogens (tertiary/aromatic N) is 1. The maximum Gasteiger partial charge on any atom is 0.137 e. The third-order valence-corrected chi connectivity index (χ3v) is 4.02. The van der Waals surface area contributed by atoms with Gasteiger partial charge in [0.05, 0.1) is 0 Å². The van der Waals surface area contributed by atoms with Gasteiger partial charge in [0.25, 0.3) is 0 Å². The van der Waals surface area contributed by atoms with Crippen LogP contribution in [0, 0.1) is 5.82 Å². The lowest BCUT2D eigenvalue weighted by Gasteiger charge is -2.06. The van der Waals surface area contributed by atoms with Crippen molar-refractivity contribution in [1.29, 1.82) is 0 Å². The Hall–Kier alpha value is -1.39. The van der Waals surface area contributed by atoms with E-state index in [4.69, 9.17) is 0 Å². The van der Waals surface area contributed by atoms with Gasteiger partial charge in [-0.2, -0.15) is 0 Å². The molecule has 0 amide bonds. The van der Waals surface area contributed by atoms with Gasteiger partial charge in [-0.25, -0.2) is 9.37 Å². The number of benzene rings is 1. The summed E-state index contributed by atoms with van der Waals surface area (Å²) in [7, 11) is 0. The summed E-state index contributed by atoms with van der Waals surface area (Å²) in [5.74, 6) is -0.175. The second-order valence-electron chi connectivity index (χ2n) is 4.69. The van der Waals surface area contributed by atoms with Gasteiger partial charge in [0.15, 0.2) is 0 Å². The molecule has 1 aliphatic rings. The highest BCUT2D eigenvalue weighted by molar-refractivity contribution is 7.99. The standard InChI is InChI=1S/C15H15FN2S/c16-13-9-11(10-18-12-5-6-12)4-7-14(13)19-15-3-1-2-8-17-15/h1-4,7-9,12,18H,5-6,10H2. The molecule has 1 fully saturated rings. The zero-order valence-electron chi connectivity index (χ0n) is 10.5. The molecule has 1 aromatic heterocycles. The molecule has 1 saturated carbocycles. The molecule has 3 rings (SSSR count). The largest absolute Gasteiger partial charge is 0.310 e. The number of nitrogens with one attached hydrogen (secondary N) is 1. The van der Waals surface area contributed by atoms with Crippen LogP contribution in [0.5, 0.6) is 0 Å². The maximum absolute atomic E-state index is 14.0. The fraction of sp³-hybridized carbons (Fsp3) is 0.267. The molecule has 1 N–H and O–H groups in total. The van der Waals surface area contributed by atoms with Crippen molar-refractivity contribution in [3.05, 3.63) is 54.0 Å². The van der Waals surface area contributed by atoms with Crippen molar-refractivity contribution in [3.63, 3.8) is 0 Å². The van der Waals surface area contributed by atoms with Gasteiger partial charge < -0.3 is 5.32 Å². The molecule has 0 radical (unpaired) electrons. The van der Waals surface area contributed by atoms with E-state index in [0.717, 1.165) is 17.1 Å². The van der Waals surface area contributed by atoms with E-state index in [1.54, 1.807) is 12.3 Å². The second kappa shape index (κ2) is 5.72. The van der Waals surface area contributed by atoms with Gasteiger partial charge in [-0.1, -0.05) is 23.9 Å². The first-order chi connectivity index (χ1) is 9.31. The summed E-state index contributed by atoms with van der Waals surface area (Å²) in [4.78, 5) is 4.81. The van der Waals surface area contributed by atoms with Gasteiger partial charge in [0.2, 0.25) is 0 Å². The molecule has 1 heterocycles. The van der Waals surface area contributed by atoms with E-state index in [1.165, 1.54) is 24.6 Å². The highest BCUT2D eigenvalue weighted by Gasteiger charge is 2.20. The van der Waals surface area contributed by atoms with E-state index in [2.05, 4.69) is 10.3 Å². The van der Waals surface area contributed by atoms with Crippen LogP contribution in [0.3, 0.4) is 0 Å².